The summed E-state index contributed by atoms with van der Waals surface area (Å²) in [6.45, 7) is 0.828. The van der Waals surface area contributed by atoms with Crippen molar-refractivity contribution in [2.45, 2.75) is 32.1 Å². The first-order valence-corrected chi connectivity index (χ1v) is 5.01. The normalized spacial score (nSPS) is 18.6. The zero-order chi connectivity index (χ0) is 8.10. The molecular weight excluding hydrogens is 206 g/mol. The van der Waals surface area contributed by atoms with Crippen LogP contribution in [-0.2, 0) is 0 Å². The van der Waals surface area contributed by atoms with Gasteiger partial charge in [-0.15, -0.1) is 0 Å². The highest BCUT2D eigenvalue weighted by Gasteiger charge is 2.13. The molecule has 0 saturated heterocycles. The van der Waals surface area contributed by atoms with E-state index in [1.165, 1.54) is 25.7 Å². The number of carbonyl (C=O) groups is 1. The lowest BCUT2D eigenvalue weighted by Gasteiger charge is -2.07. The fraction of sp³-hybridized carbons (Fsp3) is 0.875. The Morgan fingerprint density at radius 3 is 2.64 bits per heavy atom. The lowest BCUT2D eigenvalue weighted by Crippen LogP contribution is -2.19. The maximum atomic E-state index is 10.4. The third-order valence-corrected chi connectivity index (χ3v) is 2.57. The van der Waals surface area contributed by atoms with Gasteiger partial charge in [0.2, 0.25) is 0 Å². The van der Waals surface area contributed by atoms with Crippen LogP contribution in [0, 0.1) is 5.92 Å². The molecule has 1 N–H and O–H groups in total. The monoisotopic (exact) mass is 219 g/mol. The predicted octanol–water partition coefficient (Wildman–Crippen LogP) is 2.67. The molecule has 1 fully saturated rings. The van der Waals surface area contributed by atoms with Crippen LogP contribution in [0.5, 0.6) is 0 Å². The van der Waals surface area contributed by atoms with Crippen molar-refractivity contribution in [2.75, 3.05) is 6.54 Å². The van der Waals surface area contributed by atoms with E-state index in [-0.39, 0.29) is 4.82 Å². The van der Waals surface area contributed by atoms with E-state index in [4.69, 9.17) is 0 Å². The van der Waals surface area contributed by atoms with Crippen LogP contribution in [0.2, 0.25) is 0 Å². The van der Waals surface area contributed by atoms with E-state index in [2.05, 4.69) is 21.2 Å². The Balaban J connectivity index is 1.98. The van der Waals surface area contributed by atoms with E-state index >= 15 is 0 Å². The maximum Gasteiger partial charge on any atom is 0.287 e. The van der Waals surface area contributed by atoms with Crippen molar-refractivity contribution >= 4 is 20.7 Å². The predicted molar refractivity (Wildman–Crippen MR) is 48.9 cm³/mol. The van der Waals surface area contributed by atoms with Crippen LogP contribution in [0.3, 0.4) is 0 Å². The van der Waals surface area contributed by atoms with Gasteiger partial charge in [0, 0.05) is 22.5 Å². The number of hydrogen-bond acceptors (Lipinski definition) is 1. The topological polar surface area (TPSA) is 29.1 Å². The maximum absolute atomic E-state index is 10.4. The number of hydrogen-bond donors (Lipinski definition) is 1. The molecule has 2 nitrogen and oxygen atoms in total. The fourth-order valence-corrected chi connectivity index (χ4v) is 1.87. The van der Waals surface area contributed by atoms with Gasteiger partial charge < -0.3 is 5.32 Å². The number of carbonyl (C=O) groups excluding carboxylic acids is 1. The van der Waals surface area contributed by atoms with Crippen LogP contribution in [0.1, 0.15) is 32.1 Å². The molecule has 1 aliphatic rings. The molecule has 0 bridgehead atoms. The van der Waals surface area contributed by atoms with Gasteiger partial charge in [0.1, 0.15) is 0 Å². The SMILES string of the molecule is O=C(Br)NCCC1CCCC1. The molecule has 0 radical (unpaired) electrons. The van der Waals surface area contributed by atoms with Crippen molar-refractivity contribution < 1.29 is 4.79 Å². The summed E-state index contributed by atoms with van der Waals surface area (Å²) in [5.74, 6) is 0.870. The highest BCUT2D eigenvalue weighted by Crippen LogP contribution is 2.26. The molecule has 0 aromatic carbocycles. The lowest BCUT2D eigenvalue weighted by molar-refractivity contribution is 0.261. The second-order valence-electron chi connectivity index (χ2n) is 3.14. The second kappa shape index (κ2) is 4.75. The molecule has 0 aromatic rings. The van der Waals surface area contributed by atoms with Crippen molar-refractivity contribution in [3.63, 3.8) is 0 Å². The molecular formula is C8H14BrNO. The van der Waals surface area contributed by atoms with E-state index in [1.807, 2.05) is 0 Å². The van der Waals surface area contributed by atoms with Gasteiger partial charge in [0.15, 0.2) is 0 Å². The summed E-state index contributed by atoms with van der Waals surface area (Å²) < 4.78 is 0. The Hall–Kier alpha value is -0.0500. The zero-order valence-corrected chi connectivity index (χ0v) is 8.19. The first-order valence-electron chi connectivity index (χ1n) is 4.22. The molecule has 1 aliphatic carbocycles. The average molecular weight is 220 g/mol. The largest absolute Gasteiger partial charge is 0.347 e. The van der Waals surface area contributed by atoms with Gasteiger partial charge in [0.05, 0.1) is 0 Å². The van der Waals surface area contributed by atoms with Crippen molar-refractivity contribution in [1.29, 1.82) is 0 Å². The third kappa shape index (κ3) is 3.75. The first-order chi connectivity index (χ1) is 5.29. The van der Waals surface area contributed by atoms with E-state index in [0.717, 1.165) is 18.9 Å². The van der Waals surface area contributed by atoms with Gasteiger partial charge >= 0.3 is 0 Å². The zero-order valence-electron chi connectivity index (χ0n) is 6.61. The molecule has 0 unspecified atom stereocenters. The molecule has 0 aliphatic heterocycles. The summed E-state index contributed by atoms with van der Waals surface area (Å²) >= 11 is 2.83. The summed E-state index contributed by atoms with van der Waals surface area (Å²) in [6, 6.07) is 0. The van der Waals surface area contributed by atoms with Crippen LogP contribution in [0.25, 0.3) is 0 Å². The highest BCUT2D eigenvalue weighted by atomic mass is 79.9. The first kappa shape index (κ1) is 9.04. The summed E-state index contributed by atoms with van der Waals surface area (Å²) in [4.78, 5) is 10.3. The summed E-state index contributed by atoms with van der Waals surface area (Å²) in [5, 5.41) is 2.75. The van der Waals surface area contributed by atoms with Crippen LogP contribution in [0.15, 0.2) is 0 Å². The van der Waals surface area contributed by atoms with Crippen LogP contribution in [-0.4, -0.2) is 11.4 Å². The van der Waals surface area contributed by atoms with Crippen molar-refractivity contribution in [2.24, 2.45) is 5.92 Å². The third-order valence-electron chi connectivity index (χ3n) is 2.29. The number of rotatable bonds is 3. The van der Waals surface area contributed by atoms with Gasteiger partial charge in [-0.05, 0) is 12.3 Å². The van der Waals surface area contributed by atoms with E-state index in [0.29, 0.717) is 0 Å². The molecule has 1 saturated carbocycles. The summed E-state index contributed by atoms with van der Waals surface area (Å²) in [7, 11) is 0. The van der Waals surface area contributed by atoms with Crippen molar-refractivity contribution in [1.82, 2.24) is 5.32 Å². The number of amides is 1. The van der Waals surface area contributed by atoms with Crippen LogP contribution < -0.4 is 5.32 Å². The van der Waals surface area contributed by atoms with Crippen molar-refractivity contribution in [3.05, 3.63) is 0 Å². The molecule has 0 spiro atoms. The molecule has 0 heterocycles. The van der Waals surface area contributed by atoms with Gasteiger partial charge in [-0.1, -0.05) is 25.7 Å². The molecule has 1 amide bonds. The van der Waals surface area contributed by atoms with E-state index in [1.54, 1.807) is 0 Å². The van der Waals surface area contributed by atoms with Gasteiger partial charge in [-0.3, -0.25) is 4.79 Å². The molecule has 11 heavy (non-hydrogen) atoms. The highest BCUT2D eigenvalue weighted by molar-refractivity contribution is 9.18. The lowest BCUT2D eigenvalue weighted by atomic mass is 10.0. The number of halogens is 1. The minimum absolute atomic E-state index is 0.0875. The van der Waals surface area contributed by atoms with Crippen LogP contribution >= 0.6 is 15.9 Å². The molecule has 64 valence electrons. The Bertz CT molecular complexity index is 132. The fourth-order valence-electron chi connectivity index (χ4n) is 1.67. The summed E-state index contributed by atoms with van der Waals surface area (Å²) in [5.41, 5.74) is 0. The van der Waals surface area contributed by atoms with E-state index in [9.17, 15) is 4.79 Å². The van der Waals surface area contributed by atoms with Gasteiger partial charge in [0.25, 0.3) is 4.82 Å². The Morgan fingerprint density at radius 1 is 1.45 bits per heavy atom. The molecule has 0 atom stereocenters. The standard InChI is InChI=1S/C8H14BrNO/c9-8(11)10-6-5-7-3-1-2-4-7/h7H,1-6H2,(H,10,11). The Morgan fingerprint density at radius 2 is 2.09 bits per heavy atom. The molecule has 0 aromatic heterocycles. The Labute approximate surface area is 75.9 Å². The second-order valence-corrected chi connectivity index (χ2v) is 3.86. The molecule has 1 rings (SSSR count). The minimum Gasteiger partial charge on any atom is -0.347 e. The average Bonchev–Trinajstić information content (AvgIpc) is 2.39. The molecule has 3 heteroatoms. The quantitative estimate of drug-likeness (QED) is 0.575. The van der Waals surface area contributed by atoms with E-state index < -0.39 is 0 Å². The summed E-state index contributed by atoms with van der Waals surface area (Å²) in [6.07, 6.45) is 6.63. The Kier molecular flexibility index (Phi) is 3.91. The minimum atomic E-state index is -0.0875. The van der Waals surface area contributed by atoms with Crippen molar-refractivity contribution in [3.8, 4) is 0 Å². The number of nitrogens with one attached hydrogen (secondary N) is 1. The van der Waals surface area contributed by atoms with Gasteiger partial charge in [-0.2, -0.15) is 0 Å². The van der Waals surface area contributed by atoms with Crippen LogP contribution in [0.4, 0.5) is 4.79 Å². The van der Waals surface area contributed by atoms with Gasteiger partial charge in [-0.25, -0.2) is 0 Å². The smallest absolute Gasteiger partial charge is 0.287 e.